The van der Waals surface area contributed by atoms with Gasteiger partial charge in [0.15, 0.2) is 0 Å². The molecule has 0 fully saturated rings. The molecule has 2 N–H and O–H groups in total. The first-order valence-electron chi connectivity index (χ1n) is 7.97. The average Bonchev–Trinajstić information content (AvgIpc) is 2.59. The number of aromatic nitrogens is 1. The molecular weight excluding hydrogens is 284 g/mol. The van der Waals surface area contributed by atoms with Gasteiger partial charge in [0.25, 0.3) is 0 Å². The van der Waals surface area contributed by atoms with Crippen LogP contribution in [0.4, 0.5) is 0 Å². The first-order valence-corrected chi connectivity index (χ1v) is 7.97. The Morgan fingerprint density at radius 2 is 1.83 bits per heavy atom. The molecule has 3 nitrogen and oxygen atoms in total. The largest absolute Gasteiger partial charge is 0.387 e. The van der Waals surface area contributed by atoms with Gasteiger partial charge >= 0.3 is 0 Å². The molecule has 0 saturated heterocycles. The Balaban J connectivity index is 1.71. The van der Waals surface area contributed by atoms with Crippen molar-refractivity contribution < 1.29 is 5.11 Å². The van der Waals surface area contributed by atoms with Gasteiger partial charge in [-0.25, -0.2) is 0 Å². The van der Waals surface area contributed by atoms with E-state index in [0.717, 1.165) is 27.6 Å². The summed E-state index contributed by atoms with van der Waals surface area (Å²) in [4.78, 5) is 4.43. The van der Waals surface area contributed by atoms with Gasteiger partial charge in [0.05, 0.1) is 11.8 Å². The average molecular weight is 306 g/mol. The molecule has 1 aromatic heterocycles. The van der Waals surface area contributed by atoms with E-state index in [1.54, 1.807) is 0 Å². The molecular formula is C20H22N2O. The van der Waals surface area contributed by atoms with Crippen LogP contribution < -0.4 is 5.32 Å². The Morgan fingerprint density at radius 3 is 2.61 bits per heavy atom. The third-order valence-electron chi connectivity index (χ3n) is 4.18. The summed E-state index contributed by atoms with van der Waals surface area (Å²) in [5.74, 6) is 0. The number of hydrogen-bond acceptors (Lipinski definition) is 3. The highest BCUT2D eigenvalue weighted by Crippen LogP contribution is 2.24. The predicted octanol–water partition coefficient (Wildman–Crippen LogP) is 3.93. The zero-order chi connectivity index (χ0) is 16.2. The number of pyridine rings is 1. The SMILES string of the molecule is Cc1ccc(C(C)NC[C@H](O)c2cccc3ccccc23)nc1. The molecule has 3 aromatic rings. The van der Waals surface area contributed by atoms with Gasteiger partial charge in [-0.2, -0.15) is 0 Å². The fraction of sp³-hybridized carbons (Fsp3) is 0.250. The van der Waals surface area contributed by atoms with Crippen molar-refractivity contribution in [1.29, 1.82) is 0 Å². The lowest BCUT2D eigenvalue weighted by atomic mass is 10.00. The first kappa shape index (κ1) is 15.7. The van der Waals surface area contributed by atoms with E-state index in [4.69, 9.17) is 0 Å². The summed E-state index contributed by atoms with van der Waals surface area (Å²) in [7, 11) is 0. The highest BCUT2D eigenvalue weighted by atomic mass is 16.3. The second-order valence-electron chi connectivity index (χ2n) is 5.97. The quantitative estimate of drug-likeness (QED) is 0.751. The maximum absolute atomic E-state index is 10.6. The molecule has 0 amide bonds. The fourth-order valence-corrected chi connectivity index (χ4v) is 2.78. The molecule has 0 radical (unpaired) electrons. The van der Waals surface area contributed by atoms with E-state index >= 15 is 0 Å². The van der Waals surface area contributed by atoms with Crippen molar-refractivity contribution in [3.8, 4) is 0 Å². The molecule has 0 aliphatic carbocycles. The van der Waals surface area contributed by atoms with E-state index in [9.17, 15) is 5.11 Å². The van der Waals surface area contributed by atoms with Crippen LogP contribution in [0.5, 0.6) is 0 Å². The molecule has 2 aromatic carbocycles. The van der Waals surface area contributed by atoms with Crippen molar-refractivity contribution in [2.24, 2.45) is 0 Å². The molecule has 1 heterocycles. The highest BCUT2D eigenvalue weighted by molar-refractivity contribution is 5.85. The molecule has 3 rings (SSSR count). The van der Waals surface area contributed by atoms with Crippen LogP contribution in [0.25, 0.3) is 10.8 Å². The topological polar surface area (TPSA) is 45.1 Å². The lowest BCUT2D eigenvalue weighted by Gasteiger charge is -2.18. The van der Waals surface area contributed by atoms with Crippen LogP contribution in [0.1, 0.15) is 35.9 Å². The summed E-state index contributed by atoms with van der Waals surface area (Å²) in [5.41, 5.74) is 3.09. The predicted molar refractivity (Wildman–Crippen MR) is 94.3 cm³/mol. The molecule has 23 heavy (non-hydrogen) atoms. The number of aliphatic hydroxyl groups excluding tert-OH is 1. The summed E-state index contributed by atoms with van der Waals surface area (Å²) in [6.45, 7) is 4.58. The smallest absolute Gasteiger partial charge is 0.0920 e. The Morgan fingerprint density at radius 1 is 1.04 bits per heavy atom. The van der Waals surface area contributed by atoms with E-state index in [1.165, 1.54) is 0 Å². The Labute approximate surface area is 137 Å². The van der Waals surface area contributed by atoms with Crippen LogP contribution in [0.15, 0.2) is 60.8 Å². The molecule has 0 bridgehead atoms. The van der Waals surface area contributed by atoms with E-state index in [0.29, 0.717) is 6.54 Å². The van der Waals surface area contributed by atoms with Crippen molar-refractivity contribution in [3.05, 3.63) is 77.6 Å². The highest BCUT2D eigenvalue weighted by Gasteiger charge is 2.13. The first-order chi connectivity index (χ1) is 11.1. The van der Waals surface area contributed by atoms with Gasteiger partial charge in [0.2, 0.25) is 0 Å². The Hall–Kier alpha value is -2.23. The van der Waals surface area contributed by atoms with Gasteiger partial charge in [0, 0.05) is 18.8 Å². The van der Waals surface area contributed by atoms with Gasteiger partial charge < -0.3 is 10.4 Å². The molecule has 1 unspecified atom stereocenters. The van der Waals surface area contributed by atoms with E-state index in [1.807, 2.05) is 43.5 Å². The number of rotatable bonds is 5. The summed E-state index contributed by atoms with van der Waals surface area (Å²) in [6.07, 6.45) is 1.32. The minimum absolute atomic E-state index is 0.0974. The normalized spacial score (nSPS) is 13.9. The van der Waals surface area contributed by atoms with E-state index in [2.05, 4.69) is 41.5 Å². The number of nitrogens with zero attached hydrogens (tertiary/aromatic N) is 1. The molecule has 0 aliphatic rings. The molecule has 3 heteroatoms. The van der Waals surface area contributed by atoms with Crippen molar-refractivity contribution >= 4 is 10.8 Å². The van der Waals surface area contributed by atoms with Crippen molar-refractivity contribution in [1.82, 2.24) is 10.3 Å². The maximum Gasteiger partial charge on any atom is 0.0920 e. The maximum atomic E-state index is 10.6. The Kier molecular flexibility index (Phi) is 4.70. The van der Waals surface area contributed by atoms with E-state index < -0.39 is 6.10 Å². The van der Waals surface area contributed by atoms with Gasteiger partial charge in [-0.1, -0.05) is 48.5 Å². The van der Waals surface area contributed by atoms with Crippen LogP contribution in [-0.2, 0) is 0 Å². The monoisotopic (exact) mass is 306 g/mol. The van der Waals surface area contributed by atoms with Gasteiger partial charge in [-0.15, -0.1) is 0 Å². The summed E-state index contributed by atoms with van der Waals surface area (Å²) >= 11 is 0. The van der Waals surface area contributed by atoms with Crippen LogP contribution in [0.2, 0.25) is 0 Å². The van der Waals surface area contributed by atoms with Crippen molar-refractivity contribution in [3.63, 3.8) is 0 Å². The van der Waals surface area contributed by atoms with Gasteiger partial charge in [0.1, 0.15) is 0 Å². The number of aryl methyl sites for hydroxylation is 1. The van der Waals surface area contributed by atoms with Gasteiger partial charge in [-0.05, 0) is 41.8 Å². The molecule has 0 spiro atoms. The standard InChI is InChI=1S/C20H22N2O/c1-14-10-11-19(22-12-14)15(2)21-13-20(23)18-9-5-7-16-6-3-4-8-17(16)18/h3-12,15,20-21,23H,13H2,1-2H3/t15?,20-/m0/s1. The third kappa shape index (κ3) is 3.58. The molecule has 118 valence electrons. The molecule has 0 aliphatic heterocycles. The summed E-state index contributed by atoms with van der Waals surface area (Å²) in [5, 5.41) is 16.2. The van der Waals surface area contributed by atoms with Crippen LogP contribution in [0, 0.1) is 6.92 Å². The number of fused-ring (bicyclic) bond motifs is 1. The third-order valence-corrected chi connectivity index (χ3v) is 4.18. The summed E-state index contributed by atoms with van der Waals surface area (Å²) < 4.78 is 0. The second kappa shape index (κ2) is 6.90. The second-order valence-corrected chi connectivity index (χ2v) is 5.97. The lowest BCUT2D eigenvalue weighted by Crippen LogP contribution is -2.25. The number of nitrogens with one attached hydrogen (secondary N) is 1. The minimum atomic E-state index is -0.547. The van der Waals surface area contributed by atoms with Crippen molar-refractivity contribution in [2.45, 2.75) is 26.0 Å². The molecule has 2 atom stereocenters. The minimum Gasteiger partial charge on any atom is -0.387 e. The zero-order valence-corrected chi connectivity index (χ0v) is 13.5. The van der Waals surface area contributed by atoms with Gasteiger partial charge in [-0.3, -0.25) is 4.98 Å². The number of benzene rings is 2. The van der Waals surface area contributed by atoms with Crippen molar-refractivity contribution in [2.75, 3.05) is 6.54 Å². The van der Waals surface area contributed by atoms with E-state index in [-0.39, 0.29) is 6.04 Å². The van der Waals surface area contributed by atoms with Crippen LogP contribution in [-0.4, -0.2) is 16.6 Å². The Bertz CT molecular complexity index is 778. The molecule has 0 saturated carbocycles. The zero-order valence-electron chi connectivity index (χ0n) is 13.5. The number of aliphatic hydroxyl groups is 1. The van der Waals surface area contributed by atoms with Crippen LogP contribution in [0.3, 0.4) is 0 Å². The van der Waals surface area contributed by atoms with Crippen LogP contribution >= 0.6 is 0 Å². The lowest BCUT2D eigenvalue weighted by molar-refractivity contribution is 0.172. The fourth-order valence-electron chi connectivity index (χ4n) is 2.78. The summed E-state index contributed by atoms with van der Waals surface area (Å²) in [6, 6.07) is 18.4. The number of hydrogen-bond donors (Lipinski definition) is 2.